The zero-order valence-corrected chi connectivity index (χ0v) is 24.5. The molecule has 1 saturated heterocycles. The normalized spacial score (nSPS) is 15.1. The predicted molar refractivity (Wildman–Crippen MR) is 154 cm³/mol. The molecule has 1 aliphatic heterocycles. The summed E-state index contributed by atoms with van der Waals surface area (Å²) >= 11 is 0. The Labute approximate surface area is 245 Å². The van der Waals surface area contributed by atoms with Gasteiger partial charge in [0.2, 0.25) is 5.91 Å². The van der Waals surface area contributed by atoms with Gasteiger partial charge in [0, 0.05) is 68.4 Å². The molecule has 10 heteroatoms. The third-order valence-corrected chi connectivity index (χ3v) is 7.46. The zero-order valence-electron chi connectivity index (χ0n) is 24.5. The molecular weight excluding hydrogens is 544 g/mol. The monoisotopic (exact) mass is 583 g/mol. The maximum Gasteiger partial charge on any atom is 0.271 e. The Bertz CT molecular complexity index is 1290. The molecule has 2 aromatic rings. The second-order valence-corrected chi connectivity index (χ2v) is 10.6. The summed E-state index contributed by atoms with van der Waals surface area (Å²) in [6.07, 6.45) is 1.06. The maximum atomic E-state index is 14.5. The Hall–Kier alpha value is -3.65. The highest BCUT2D eigenvalue weighted by molar-refractivity contribution is 6.00. The molecule has 2 amide bonds. The fraction of sp³-hybridized carbons (Fsp3) is 0.469. The summed E-state index contributed by atoms with van der Waals surface area (Å²) in [5, 5.41) is 11.3. The smallest absolute Gasteiger partial charge is 0.271 e. The van der Waals surface area contributed by atoms with Crippen LogP contribution < -0.4 is 10.8 Å². The Morgan fingerprint density at radius 2 is 1.76 bits per heavy atom. The fourth-order valence-corrected chi connectivity index (χ4v) is 5.03. The van der Waals surface area contributed by atoms with Crippen LogP contribution in [-0.4, -0.2) is 60.6 Å². The SMILES string of the molecule is CCOC1CN(Cc2ccc(C#Cc3ccc(C(=O)C(CC)CCC(C(=O)NC)C(=O)NO)cc3)c(C(C)(F)F)c2)C1. The quantitative estimate of drug-likeness (QED) is 0.107. The van der Waals surface area contributed by atoms with Crippen molar-refractivity contribution in [3.8, 4) is 11.8 Å². The molecule has 1 aliphatic rings. The van der Waals surface area contributed by atoms with Crippen LogP contribution >= 0.6 is 0 Å². The number of benzene rings is 2. The molecular formula is C32H39F2N3O5. The van der Waals surface area contributed by atoms with Gasteiger partial charge in [-0.1, -0.05) is 37.0 Å². The van der Waals surface area contributed by atoms with Crippen molar-refractivity contribution in [3.05, 3.63) is 70.3 Å². The Balaban J connectivity index is 1.69. The predicted octanol–water partition coefficient (Wildman–Crippen LogP) is 4.28. The molecule has 0 saturated carbocycles. The van der Waals surface area contributed by atoms with E-state index in [9.17, 15) is 23.2 Å². The van der Waals surface area contributed by atoms with E-state index in [2.05, 4.69) is 22.1 Å². The second-order valence-electron chi connectivity index (χ2n) is 10.6. The highest BCUT2D eigenvalue weighted by Gasteiger charge is 2.30. The minimum absolute atomic E-state index is 0.0921. The van der Waals surface area contributed by atoms with Gasteiger partial charge in [0.25, 0.3) is 11.8 Å². The van der Waals surface area contributed by atoms with Gasteiger partial charge in [-0.2, -0.15) is 0 Å². The van der Waals surface area contributed by atoms with Gasteiger partial charge in [0.15, 0.2) is 5.78 Å². The molecule has 0 aliphatic carbocycles. The molecule has 1 heterocycles. The van der Waals surface area contributed by atoms with E-state index in [0.29, 0.717) is 30.7 Å². The van der Waals surface area contributed by atoms with E-state index in [0.717, 1.165) is 25.6 Å². The first-order valence-electron chi connectivity index (χ1n) is 14.2. The molecule has 2 unspecified atom stereocenters. The lowest BCUT2D eigenvalue weighted by Crippen LogP contribution is -2.51. The van der Waals surface area contributed by atoms with E-state index in [1.807, 2.05) is 19.9 Å². The van der Waals surface area contributed by atoms with E-state index in [-0.39, 0.29) is 35.9 Å². The lowest BCUT2D eigenvalue weighted by molar-refractivity contribution is -0.140. The molecule has 2 aromatic carbocycles. The summed E-state index contributed by atoms with van der Waals surface area (Å²) in [4.78, 5) is 39.1. The number of halogens is 2. The number of ether oxygens (including phenoxy) is 1. The van der Waals surface area contributed by atoms with E-state index < -0.39 is 29.6 Å². The Morgan fingerprint density at radius 1 is 1.07 bits per heavy atom. The van der Waals surface area contributed by atoms with Crippen LogP contribution in [0.25, 0.3) is 0 Å². The topological polar surface area (TPSA) is 108 Å². The summed E-state index contributed by atoms with van der Waals surface area (Å²) in [6, 6.07) is 11.6. The van der Waals surface area contributed by atoms with Gasteiger partial charge in [-0.25, -0.2) is 14.3 Å². The number of carbonyl (C=O) groups is 3. The van der Waals surface area contributed by atoms with Crippen molar-refractivity contribution in [2.24, 2.45) is 11.8 Å². The lowest BCUT2D eigenvalue weighted by Gasteiger charge is -2.38. The molecule has 1 fully saturated rings. The molecule has 42 heavy (non-hydrogen) atoms. The van der Waals surface area contributed by atoms with Crippen LogP contribution in [0.15, 0.2) is 42.5 Å². The van der Waals surface area contributed by atoms with Crippen molar-refractivity contribution < 1.29 is 33.1 Å². The summed E-state index contributed by atoms with van der Waals surface area (Å²) in [7, 11) is 1.39. The maximum absolute atomic E-state index is 14.5. The van der Waals surface area contributed by atoms with Crippen LogP contribution in [0.5, 0.6) is 0 Å². The number of amides is 2. The first-order chi connectivity index (χ1) is 20.0. The molecule has 0 aromatic heterocycles. The Kier molecular flexibility index (Phi) is 11.7. The molecule has 0 bridgehead atoms. The number of nitrogens with zero attached hydrogens (tertiary/aromatic N) is 1. The van der Waals surface area contributed by atoms with Crippen molar-refractivity contribution in [3.63, 3.8) is 0 Å². The molecule has 8 nitrogen and oxygen atoms in total. The number of likely N-dealkylation sites (tertiary alicyclic amines) is 1. The van der Waals surface area contributed by atoms with Crippen molar-refractivity contribution in [1.82, 2.24) is 15.7 Å². The average Bonchev–Trinajstić information content (AvgIpc) is 2.96. The van der Waals surface area contributed by atoms with Gasteiger partial charge >= 0.3 is 0 Å². The summed E-state index contributed by atoms with van der Waals surface area (Å²) < 4.78 is 34.6. The van der Waals surface area contributed by atoms with E-state index in [1.54, 1.807) is 30.3 Å². The van der Waals surface area contributed by atoms with E-state index in [4.69, 9.17) is 9.94 Å². The fourth-order valence-electron chi connectivity index (χ4n) is 5.03. The van der Waals surface area contributed by atoms with Gasteiger partial charge < -0.3 is 10.1 Å². The summed E-state index contributed by atoms with van der Waals surface area (Å²) in [6.45, 7) is 7.44. The molecule has 0 radical (unpaired) electrons. The zero-order chi connectivity index (χ0) is 30.9. The number of carbonyl (C=O) groups excluding carboxylic acids is 3. The number of hydroxylamine groups is 1. The van der Waals surface area contributed by atoms with Crippen molar-refractivity contribution in [1.29, 1.82) is 0 Å². The number of alkyl halides is 2. The molecule has 3 N–H and O–H groups in total. The first kappa shape index (κ1) is 32.9. The van der Waals surface area contributed by atoms with Crippen LogP contribution in [-0.2, 0) is 26.8 Å². The van der Waals surface area contributed by atoms with Crippen LogP contribution in [0.4, 0.5) is 8.78 Å². The van der Waals surface area contributed by atoms with Gasteiger partial charge in [-0.15, -0.1) is 0 Å². The number of Topliss-reactive ketones (excluding diaryl/α,β-unsaturated/α-hetero) is 1. The number of hydrogen-bond donors (Lipinski definition) is 3. The summed E-state index contributed by atoms with van der Waals surface area (Å²) in [5.41, 5.74) is 3.41. The number of nitrogens with one attached hydrogen (secondary N) is 2. The summed E-state index contributed by atoms with van der Waals surface area (Å²) in [5.74, 6) is -0.331. The lowest BCUT2D eigenvalue weighted by atomic mass is 9.87. The van der Waals surface area contributed by atoms with Crippen LogP contribution in [0.1, 0.15) is 72.6 Å². The highest BCUT2D eigenvalue weighted by atomic mass is 19.3. The largest absolute Gasteiger partial charge is 0.376 e. The van der Waals surface area contributed by atoms with Gasteiger partial charge in [0.05, 0.1) is 6.10 Å². The van der Waals surface area contributed by atoms with Gasteiger partial charge in [-0.3, -0.25) is 24.5 Å². The standard InChI is InChI=1S/C32H39F2N3O5/c1-5-23(15-16-27(30(39)35-4)31(40)36-41)29(38)25-13-8-21(9-14-25)7-11-24-12-10-22(17-28(24)32(3,33)34)18-37-19-26(20-37)42-6-2/h8-10,12-14,17,23,26-27,41H,5-6,15-16,18-20H2,1-4H3,(H,35,39)(H,36,40). The van der Waals surface area contributed by atoms with E-state index >= 15 is 0 Å². The van der Waals surface area contributed by atoms with Gasteiger partial charge in [0.1, 0.15) is 5.92 Å². The molecule has 3 rings (SSSR count). The number of ketones is 1. The van der Waals surface area contributed by atoms with Crippen molar-refractivity contribution in [2.45, 2.75) is 58.6 Å². The van der Waals surface area contributed by atoms with Crippen molar-refractivity contribution in [2.75, 3.05) is 26.7 Å². The second kappa shape index (κ2) is 15.0. The minimum atomic E-state index is -3.07. The third-order valence-electron chi connectivity index (χ3n) is 7.46. The first-order valence-corrected chi connectivity index (χ1v) is 14.2. The van der Waals surface area contributed by atoms with Crippen LogP contribution in [0.3, 0.4) is 0 Å². The highest BCUT2D eigenvalue weighted by Crippen LogP contribution is 2.31. The third kappa shape index (κ3) is 8.68. The van der Waals surface area contributed by atoms with Crippen LogP contribution in [0.2, 0.25) is 0 Å². The molecule has 0 spiro atoms. The van der Waals surface area contributed by atoms with Crippen molar-refractivity contribution >= 4 is 17.6 Å². The van der Waals surface area contributed by atoms with Gasteiger partial charge in [-0.05, 0) is 56.0 Å². The van der Waals surface area contributed by atoms with Crippen LogP contribution in [0, 0.1) is 23.7 Å². The minimum Gasteiger partial charge on any atom is -0.376 e. The molecule has 226 valence electrons. The number of hydrogen-bond acceptors (Lipinski definition) is 6. The Morgan fingerprint density at radius 3 is 2.33 bits per heavy atom. The van der Waals surface area contributed by atoms with E-state index in [1.165, 1.54) is 18.6 Å². The number of rotatable bonds is 13. The molecule has 2 atom stereocenters. The average molecular weight is 584 g/mol.